The molecule has 0 aliphatic carbocycles. The first-order chi connectivity index (χ1) is 16.4. The van der Waals surface area contributed by atoms with Gasteiger partial charge in [-0.05, 0) is 43.0 Å². The van der Waals surface area contributed by atoms with Crippen LogP contribution in [0.25, 0.3) is 5.69 Å². The van der Waals surface area contributed by atoms with Gasteiger partial charge in [-0.15, -0.1) is 10.2 Å². The van der Waals surface area contributed by atoms with E-state index in [0.717, 1.165) is 22.6 Å². The molecule has 0 saturated carbocycles. The van der Waals surface area contributed by atoms with Gasteiger partial charge < -0.3 is 5.32 Å². The van der Waals surface area contributed by atoms with Crippen LogP contribution >= 0.6 is 11.8 Å². The van der Waals surface area contributed by atoms with Gasteiger partial charge >= 0.3 is 0 Å². The second-order valence-electron chi connectivity index (χ2n) is 8.59. The number of aryl methyl sites for hydroxylation is 1. The summed E-state index contributed by atoms with van der Waals surface area (Å²) in [6, 6.07) is 18.6. The fourth-order valence-corrected chi connectivity index (χ4v) is 4.55. The lowest BCUT2D eigenvalue weighted by molar-refractivity contribution is -0.118. The van der Waals surface area contributed by atoms with E-state index < -0.39 is 0 Å². The highest BCUT2D eigenvalue weighted by Gasteiger charge is 2.14. The maximum absolute atomic E-state index is 12.6. The third kappa shape index (κ3) is 5.56. The van der Waals surface area contributed by atoms with Gasteiger partial charge in [-0.3, -0.25) is 14.0 Å². The number of nitrogens with zero attached hydrogens (tertiary/aromatic N) is 5. The van der Waals surface area contributed by atoms with E-state index in [9.17, 15) is 4.79 Å². The van der Waals surface area contributed by atoms with Gasteiger partial charge in [-0.2, -0.15) is 5.10 Å². The van der Waals surface area contributed by atoms with Gasteiger partial charge in [0.15, 0.2) is 5.16 Å². The molecular weight excluding hydrogens is 444 g/mol. The van der Waals surface area contributed by atoms with Gasteiger partial charge in [0, 0.05) is 23.5 Å². The highest BCUT2D eigenvalue weighted by molar-refractivity contribution is 7.99. The number of rotatable bonds is 9. The summed E-state index contributed by atoms with van der Waals surface area (Å²) in [5, 5.41) is 16.6. The largest absolute Gasteiger partial charge is 0.351 e. The zero-order chi connectivity index (χ0) is 24.1. The Bertz CT molecular complexity index is 1240. The summed E-state index contributed by atoms with van der Waals surface area (Å²) < 4.78 is 3.90. The van der Waals surface area contributed by atoms with Crippen LogP contribution in [-0.4, -0.2) is 36.2 Å². The van der Waals surface area contributed by atoms with E-state index in [2.05, 4.69) is 70.9 Å². The first kappa shape index (κ1) is 23.8. The maximum atomic E-state index is 12.6. The molecule has 0 radical (unpaired) electrons. The number of thioether (sulfide) groups is 1. The summed E-state index contributed by atoms with van der Waals surface area (Å²) in [6.07, 6.45) is 1.68. The normalized spacial score (nSPS) is 11.2. The van der Waals surface area contributed by atoms with E-state index >= 15 is 0 Å². The van der Waals surface area contributed by atoms with Gasteiger partial charge in [-0.1, -0.05) is 68.1 Å². The van der Waals surface area contributed by atoms with Crippen LogP contribution in [0.2, 0.25) is 0 Å². The quantitative estimate of drug-likeness (QED) is 0.357. The summed E-state index contributed by atoms with van der Waals surface area (Å²) in [5.74, 6) is 0.688. The lowest BCUT2D eigenvalue weighted by Gasteiger charge is -2.10. The highest BCUT2D eigenvalue weighted by Crippen LogP contribution is 2.22. The van der Waals surface area contributed by atoms with Gasteiger partial charge in [0.25, 0.3) is 0 Å². The second kappa shape index (κ2) is 10.7. The van der Waals surface area contributed by atoms with E-state index in [1.54, 1.807) is 6.33 Å². The minimum absolute atomic E-state index is 0.0516. The molecule has 0 fully saturated rings. The molecule has 34 heavy (non-hydrogen) atoms. The smallest absolute Gasteiger partial charge is 0.230 e. The molecule has 1 N–H and O–H groups in total. The SMILES string of the molecule is Cc1nn(Cc2ccccc2)c(C)c1CNC(=O)CSc1nncn1-c1ccc(C(C)C)cc1. The van der Waals surface area contributed by atoms with E-state index in [4.69, 9.17) is 0 Å². The minimum atomic E-state index is -0.0516. The van der Waals surface area contributed by atoms with E-state index in [1.807, 2.05) is 41.3 Å². The number of nitrogens with one attached hydrogen (secondary N) is 1. The third-order valence-electron chi connectivity index (χ3n) is 5.86. The molecule has 0 spiro atoms. The fraction of sp³-hybridized carbons (Fsp3) is 0.308. The van der Waals surface area contributed by atoms with Crippen LogP contribution in [0.3, 0.4) is 0 Å². The molecule has 2 aromatic carbocycles. The van der Waals surface area contributed by atoms with Crippen LogP contribution in [0, 0.1) is 13.8 Å². The van der Waals surface area contributed by atoms with Crippen molar-refractivity contribution in [3.05, 3.63) is 89.0 Å². The van der Waals surface area contributed by atoms with Crippen molar-refractivity contribution in [2.75, 3.05) is 5.75 Å². The predicted octanol–water partition coefficient (Wildman–Crippen LogP) is 4.66. The van der Waals surface area contributed by atoms with Crippen molar-refractivity contribution in [2.45, 2.75) is 51.9 Å². The predicted molar refractivity (Wildman–Crippen MR) is 135 cm³/mol. The minimum Gasteiger partial charge on any atom is -0.351 e. The Morgan fingerprint density at radius 1 is 1.06 bits per heavy atom. The number of aromatic nitrogens is 5. The molecule has 0 saturated heterocycles. The number of amides is 1. The van der Waals surface area contributed by atoms with Crippen LogP contribution in [0.4, 0.5) is 0 Å². The van der Waals surface area contributed by atoms with Crippen molar-refractivity contribution in [1.82, 2.24) is 29.9 Å². The Kier molecular flexibility index (Phi) is 7.47. The van der Waals surface area contributed by atoms with Gasteiger partial charge in [0.2, 0.25) is 5.91 Å². The molecule has 7 nitrogen and oxygen atoms in total. The molecule has 0 aliphatic heterocycles. The molecule has 2 heterocycles. The molecule has 176 valence electrons. The van der Waals surface area contributed by atoms with Crippen LogP contribution < -0.4 is 5.32 Å². The Morgan fingerprint density at radius 2 is 1.79 bits per heavy atom. The number of hydrogen-bond donors (Lipinski definition) is 1. The Balaban J connectivity index is 1.34. The zero-order valence-corrected chi connectivity index (χ0v) is 20.8. The number of carbonyl (C=O) groups is 1. The lowest BCUT2D eigenvalue weighted by Crippen LogP contribution is -2.25. The van der Waals surface area contributed by atoms with Crippen LogP contribution in [-0.2, 0) is 17.9 Å². The topological polar surface area (TPSA) is 77.6 Å². The number of carbonyl (C=O) groups excluding carboxylic acids is 1. The Morgan fingerprint density at radius 3 is 2.50 bits per heavy atom. The monoisotopic (exact) mass is 474 g/mol. The number of hydrogen-bond acceptors (Lipinski definition) is 5. The van der Waals surface area contributed by atoms with Crippen LogP contribution in [0.5, 0.6) is 0 Å². The summed E-state index contributed by atoms with van der Waals surface area (Å²) in [4.78, 5) is 12.6. The summed E-state index contributed by atoms with van der Waals surface area (Å²) >= 11 is 1.37. The van der Waals surface area contributed by atoms with Crippen molar-refractivity contribution in [2.24, 2.45) is 0 Å². The maximum Gasteiger partial charge on any atom is 0.230 e. The summed E-state index contributed by atoms with van der Waals surface area (Å²) in [6.45, 7) is 9.54. The van der Waals surface area contributed by atoms with Crippen molar-refractivity contribution in [3.63, 3.8) is 0 Å². The highest BCUT2D eigenvalue weighted by atomic mass is 32.2. The molecule has 2 aromatic heterocycles. The average molecular weight is 475 g/mol. The molecule has 0 aliphatic rings. The molecule has 1 amide bonds. The third-order valence-corrected chi connectivity index (χ3v) is 6.80. The molecule has 0 atom stereocenters. The Hall–Kier alpha value is -3.39. The van der Waals surface area contributed by atoms with Crippen molar-refractivity contribution >= 4 is 17.7 Å². The summed E-state index contributed by atoms with van der Waals surface area (Å²) in [7, 11) is 0. The van der Waals surface area contributed by atoms with E-state index in [1.165, 1.54) is 22.9 Å². The van der Waals surface area contributed by atoms with Gasteiger partial charge in [0.1, 0.15) is 6.33 Å². The Labute approximate surface area is 204 Å². The van der Waals surface area contributed by atoms with Crippen LogP contribution in [0.1, 0.15) is 47.8 Å². The molecule has 0 unspecified atom stereocenters. The molecular formula is C26H30N6OS. The zero-order valence-electron chi connectivity index (χ0n) is 20.0. The second-order valence-corrected chi connectivity index (χ2v) is 9.53. The van der Waals surface area contributed by atoms with Crippen molar-refractivity contribution in [1.29, 1.82) is 0 Å². The molecule has 4 rings (SSSR count). The van der Waals surface area contributed by atoms with E-state index in [-0.39, 0.29) is 11.7 Å². The fourth-order valence-electron chi connectivity index (χ4n) is 3.79. The summed E-state index contributed by atoms with van der Waals surface area (Å²) in [5.41, 5.74) is 6.52. The molecule has 4 aromatic rings. The standard InChI is InChI=1S/C26H30N6OS/c1-18(2)22-10-12-23(13-11-22)31-17-28-29-26(31)34-16-25(33)27-14-24-19(3)30-32(20(24)4)15-21-8-6-5-7-9-21/h5-13,17-18H,14-16H2,1-4H3,(H,27,33). The van der Waals surface area contributed by atoms with Gasteiger partial charge in [0.05, 0.1) is 18.0 Å². The van der Waals surface area contributed by atoms with Crippen molar-refractivity contribution in [3.8, 4) is 5.69 Å². The first-order valence-corrected chi connectivity index (χ1v) is 12.4. The molecule has 0 bridgehead atoms. The molecule has 8 heteroatoms. The van der Waals surface area contributed by atoms with Gasteiger partial charge in [-0.25, -0.2) is 0 Å². The number of benzene rings is 2. The lowest BCUT2D eigenvalue weighted by atomic mass is 10.0. The van der Waals surface area contributed by atoms with Crippen LogP contribution in [0.15, 0.2) is 66.1 Å². The average Bonchev–Trinajstić information content (AvgIpc) is 3.41. The van der Waals surface area contributed by atoms with Crippen molar-refractivity contribution < 1.29 is 4.79 Å². The first-order valence-electron chi connectivity index (χ1n) is 11.4. The van der Waals surface area contributed by atoms with E-state index in [0.29, 0.717) is 24.2 Å².